The topological polar surface area (TPSA) is 28.2 Å². The van der Waals surface area contributed by atoms with Crippen molar-refractivity contribution in [3.05, 3.63) is 23.4 Å². The van der Waals surface area contributed by atoms with Crippen LogP contribution in [0, 0.1) is 6.92 Å². The number of pyridine rings is 1. The molecule has 1 aliphatic heterocycles. The van der Waals surface area contributed by atoms with Crippen LogP contribution in [-0.4, -0.2) is 23.1 Å². The monoisotopic (exact) mass is 261 g/mol. The number of hydrogen-bond acceptors (Lipinski definition) is 3. The third-order valence-electron chi connectivity index (χ3n) is 3.98. The van der Waals surface area contributed by atoms with E-state index in [0.29, 0.717) is 6.04 Å². The molecular formula is C16H27N3. The van der Waals surface area contributed by atoms with E-state index < -0.39 is 0 Å². The molecule has 0 spiro atoms. The van der Waals surface area contributed by atoms with Crippen LogP contribution in [0.2, 0.25) is 0 Å². The highest BCUT2D eigenvalue weighted by molar-refractivity contribution is 5.50. The zero-order valence-electron chi connectivity index (χ0n) is 13.0. The summed E-state index contributed by atoms with van der Waals surface area (Å²) < 4.78 is 0. The summed E-state index contributed by atoms with van der Waals surface area (Å²) in [7, 11) is 0. The van der Waals surface area contributed by atoms with Crippen LogP contribution in [0.5, 0.6) is 0 Å². The normalized spacial score (nSPS) is 18.3. The smallest absolute Gasteiger partial charge is 0.131 e. The molecule has 0 aromatic carbocycles. The minimum absolute atomic E-state index is 0.245. The predicted molar refractivity (Wildman–Crippen MR) is 81.6 cm³/mol. The van der Waals surface area contributed by atoms with Crippen LogP contribution < -0.4 is 10.2 Å². The maximum absolute atomic E-state index is 4.72. The Morgan fingerprint density at radius 1 is 1.42 bits per heavy atom. The summed E-state index contributed by atoms with van der Waals surface area (Å²) in [6.07, 6.45) is 4.54. The van der Waals surface area contributed by atoms with Gasteiger partial charge in [-0.15, -0.1) is 0 Å². The Balaban J connectivity index is 2.15. The first kappa shape index (κ1) is 14.3. The summed E-state index contributed by atoms with van der Waals surface area (Å²) in [4.78, 5) is 7.18. The van der Waals surface area contributed by atoms with Crippen LogP contribution in [0.3, 0.4) is 0 Å². The number of aryl methyl sites for hydroxylation is 1. The van der Waals surface area contributed by atoms with Gasteiger partial charge in [-0.3, -0.25) is 0 Å². The Bertz CT molecular complexity index is 438. The number of aromatic nitrogens is 1. The molecule has 106 valence electrons. The van der Waals surface area contributed by atoms with Crippen LogP contribution in [0.1, 0.15) is 51.7 Å². The summed E-state index contributed by atoms with van der Waals surface area (Å²) in [5, 5.41) is 3.44. The van der Waals surface area contributed by atoms with Crippen molar-refractivity contribution in [2.45, 2.75) is 65.6 Å². The van der Waals surface area contributed by atoms with Gasteiger partial charge in [-0.1, -0.05) is 13.8 Å². The fourth-order valence-electron chi connectivity index (χ4n) is 2.83. The van der Waals surface area contributed by atoms with Gasteiger partial charge in [-0.05, 0) is 50.8 Å². The molecule has 2 rings (SSSR count). The van der Waals surface area contributed by atoms with Crippen LogP contribution in [0.4, 0.5) is 5.82 Å². The summed E-state index contributed by atoms with van der Waals surface area (Å²) in [6, 6.07) is 2.78. The molecule has 1 saturated heterocycles. The van der Waals surface area contributed by atoms with Crippen LogP contribution in [0.15, 0.2) is 12.3 Å². The van der Waals surface area contributed by atoms with Crippen molar-refractivity contribution < 1.29 is 0 Å². The highest BCUT2D eigenvalue weighted by atomic mass is 15.3. The molecule has 0 aliphatic carbocycles. The average molecular weight is 261 g/mol. The Morgan fingerprint density at radius 2 is 2.16 bits per heavy atom. The maximum Gasteiger partial charge on any atom is 0.131 e. The zero-order valence-corrected chi connectivity index (χ0v) is 13.0. The van der Waals surface area contributed by atoms with Gasteiger partial charge in [0.1, 0.15) is 5.82 Å². The highest BCUT2D eigenvalue weighted by Crippen LogP contribution is 2.34. The summed E-state index contributed by atoms with van der Waals surface area (Å²) in [5.41, 5.74) is 2.81. The van der Waals surface area contributed by atoms with E-state index in [1.807, 2.05) is 6.20 Å². The van der Waals surface area contributed by atoms with Crippen molar-refractivity contribution in [1.29, 1.82) is 0 Å². The van der Waals surface area contributed by atoms with Gasteiger partial charge in [0.05, 0.1) is 0 Å². The summed E-state index contributed by atoms with van der Waals surface area (Å²) >= 11 is 0. The lowest BCUT2D eigenvalue weighted by molar-refractivity contribution is 0.513. The van der Waals surface area contributed by atoms with E-state index in [9.17, 15) is 0 Å². The van der Waals surface area contributed by atoms with Crippen molar-refractivity contribution in [1.82, 2.24) is 10.3 Å². The molecule has 1 N–H and O–H groups in total. The van der Waals surface area contributed by atoms with E-state index in [0.717, 1.165) is 18.9 Å². The van der Waals surface area contributed by atoms with Crippen LogP contribution in [-0.2, 0) is 6.54 Å². The molecule has 0 amide bonds. The Kier molecular flexibility index (Phi) is 4.14. The number of anilines is 1. The van der Waals surface area contributed by atoms with Crippen molar-refractivity contribution in [3.8, 4) is 0 Å². The van der Waals surface area contributed by atoms with E-state index in [-0.39, 0.29) is 5.54 Å². The van der Waals surface area contributed by atoms with Crippen molar-refractivity contribution in [2.75, 3.05) is 11.4 Å². The first-order valence-corrected chi connectivity index (χ1v) is 7.37. The minimum atomic E-state index is 0.245. The van der Waals surface area contributed by atoms with Crippen LogP contribution in [0.25, 0.3) is 0 Å². The van der Waals surface area contributed by atoms with Crippen molar-refractivity contribution in [3.63, 3.8) is 0 Å². The molecule has 0 radical (unpaired) electrons. The molecule has 19 heavy (non-hydrogen) atoms. The predicted octanol–water partition coefficient (Wildman–Crippen LogP) is 3.27. The molecule has 0 unspecified atom stereocenters. The molecule has 3 heteroatoms. The molecule has 2 heterocycles. The van der Waals surface area contributed by atoms with E-state index in [2.05, 4.69) is 50.9 Å². The Hall–Kier alpha value is -1.09. The van der Waals surface area contributed by atoms with Gasteiger partial charge in [0.2, 0.25) is 0 Å². The van der Waals surface area contributed by atoms with Gasteiger partial charge in [0.15, 0.2) is 0 Å². The number of hydrogen-bond donors (Lipinski definition) is 1. The van der Waals surface area contributed by atoms with E-state index in [1.165, 1.54) is 24.0 Å². The summed E-state index contributed by atoms with van der Waals surface area (Å²) in [5.74, 6) is 1.16. The van der Waals surface area contributed by atoms with Gasteiger partial charge >= 0.3 is 0 Å². The second-order valence-electron chi connectivity index (χ2n) is 6.59. The van der Waals surface area contributed by atoms with Gasteiger partial charge in [-0.2, -0.15) is 0 Å². The quantitative estimate of drug-likeness (QED) is 0.901. The third-order valence-corrected chi connectivity index (χ3v) is 3.98. The van der Waals surface area contributed by atoms with E-state index in [4.69, 9.17) is 4.98 Å². The Morgan fingerprint density at radius 3 is 2.68 bits per heavy atom. The highest BCUT2D eigenvalue weighted by Gasteiger charge is 2.33. The lowest BCUT2D eigenvalue weighted by atomic mass is 10.0. The molecule has 0 saturated carbocycles. The van der Waals surface area contributed by atoms with Gasteiger partial charge in [-0.25, -0.2) is 4.98 Å². The minimum Gasteiger partial charge on any atom is -0.351 e. The van der Waals surface area contributed by atoms with Crippen LogP contribution >= 0.6 is 0 Å². The molecule has 0 atom stereocenters. The molecule has 1 aliphatic rings. The van der Waals surface area contributed by atoms with E-state index in [1.54, 1.807) is 0 Å². The number of nitrogens with zero attached hydrogens (tertiary/aromatic N) is 2. The second kappa shape index (κ2) is 5.49. The molecule has 1 fully saturated rings. The number of rotatable bonds is 4. The molecule has 1 aromatic rings. The molecule has 1 aromatic heterocycles. The largest absolute Gasteiger partial charge is 0.351 e. The molecule has 0 bridgehead atoms. The fourth-order valence-corrected chi connectivity index (χ4v) is 2.83. The Labute approximate surface area is 117 Å². The van der Waals surface area contributed by atoms with Gasteiger partial charge in [0, 0.05) is 30.9 Å². The lowest BCUT2D eigenvalue weighted by Crippen LogP contribution is -2.39. The van der Waals surface area contributed by atoms with Gasteiger partial charge in [0.25, 0.3) is 0 Å². The maximum atomic E-state index is 4.72. The number of nitrogens with one attached hydrogen (secondary N) is 1. The molecular weight excluding hydrogens is 234 g/mol. The average Bonchev–Trinajstić information content (AvgIpc) is 2.66. The first-order chi connectivity index (χ1) is 8.90. The second-order valence-corrected chi connectivity index (χ2v) is 6.59. The first-order valence-electron chi connectivity index (χ1n) is 7.37. The SMILES string of the molecule is Cc1cc(CNC(C)C)cnc1N1CCCC1(C)C. The van der Waals surface area contributed by atoms with Crippen molar-refractivity contribution in [2.24, 2.45) is 0 Å². The fraction of sp³-hybridized carbons (Fsp3) is 0.688. The van der Waals surface area contributed by atoms with E-state index >= 15 is 0 Å². The van der Waals surface area contributed by atoms with Crippen molar-refractivity contribution >= 4 is 5.82 Å². The zero-order chi connectivity index (χ0) is 14.0. The standard InChI is InChI=1S/C16H27N3/c1-12(2)17-10-14-9-13(3)15(18-11-14)19-8-6-7-16(19,4)5/h9,11-12,17H,6-8,10H2,1-5H3. The third kappa shape index (κ3) is 3.27. The lowest BCUT2D eigenvalue weighted by Gasteiger charge is -2.33. The van der Waals surface area contributed by atoms with Gasteiger partial charge < -0.3 is 10.2 Å². The summed E-state index contributed by atoms with van der Waals surface area (Å²) in [6.45, 7) is 13.2. The molecule has 3 nitrogen and oxygen atoms in total.